The van der Waals surface area contributed by atoms with E-state index >= 15 is 0 Å². The van der Waals surface area contributed by atoms with Crippen molar-refractivity contribution in [3.63, 3.8) is 0 Å². The number of carbonyl (C=O) groups excluding carboxylic acids is 1. The van der Waals surface area contributed by atoms with Gasteiger partial charge in [0.2, 0.25) is 11.0 Å². The molecule has 0 fully saturated rings. The molecule has 1 N–H and O–H groups in total. The second kappa shape index (κ2) is 6.38. The Kier molecular flexibility index (Phi) is 4.06. The van der Waals surface area contributed by atoms with Gasteiger partial charge in [0.1, 0.15) is 11.6 Å². The number of carbonyl (C=O) groups is 1. The summed E-state index contributed by atoms with van der Waals surface area (Å²) < 4.78 is 15.7. The summed E-state index contributed by atoms with van der Waals surface area (Å²) in [4.78, 5) is 17.8. The third-order valence-electron chi connectivity index (χ3n) is 3.53. The molecule has 1 amide bonds. The second-order valence-electron chi connectivity index (χ2n) is 5.50. The minimum absolute atomic E-state index is 0.115. The van der Waals surface area contributed by atoms with Crippen molar-refractivity contribution in [2.75, 3.05) is 5.32 Å². The van der Waals surface area contributed by atoms with Gasteiger partial charge in [-0.15, -0.1) is 11.3 Å². The Morgan fingerprint density at radius 3 is 3.00 bits per heavy atom. The zero-order valence-corrected chi connectivity index (χ0v) is 14.8. The Bertz CT molecular complexity index is 1050. The highest BCUT2D eigenvalue weighted by Crippen LogP contribution is 2.28. The Morgan fingerprint density at radius 1 is 1.32 bits per heavy atom. The normalized spacial score (nSPS) is 11.1. The number of nitrogens with zero attached hydrogens (tertiary/aromatic N) is 3. The van der Waals surface area contributed by atoms with Crippen molar-refractivity contribution in [3.8, 4) is 5.13 Å². The smallest absolute Gasteiger partial charge is 0.230 e. The van der Waals surface area contributed by atoms with Crippen LogP contribution in [-0.2, 0) is 11.2 Å². The van der Waals surface area contributed by atoms with E-state index in [1.807, 2.05) is 24.4 Å². The number of hydrogen-bond acceptors (Lipinski definition) is 5. The molecule has 3 heterocycles. The number of nitrogens with one attached hydrogen (secondary N) is 1. The van der Waals surface area contributed by atoms with Crippen molar-refractivity contribution in [1.29, 1.82) is 0 Å². The van der Waals surface area contributed by atoms with Gasteiger partial charge in [-0.3, -0.25) is 4.79 Å². The van der Waals surface area contributed by atoms with Crippen molar-refractivity contribution in [3.05, 3.63) is 58.2 Å². The zero-order chi connectivity index (χ0) is 17.4. The molecule has 0 bridgehead atoms. The summed E-state index contributed by atoms with van der Waals surface area (Å²) >= 11 is 2.87. The molecule has 4 aromatic rings. The van der Waals surface area contributed by atoms with Gasteiger partial charge >= 0.3 is 0 Å². The number of rotatable bonds is 4. The van der Waals surface area contributed by atoms with E-state index < -0.39 is 0 Å². The van der Waals surface area contributed by atoms with Crippen LogP contribution in [0, 0.1) is 12.7 Å². The molecule has 0 saturated heterocycles. The third kappa shape index (κ3) is 3.31. The summed E-state index contributed by atoms with van der Waals surface area (Å²) in [5.74, 6) is 0.137. The molecule has 3 aromatic heterocycles. The minimum atomic E-state index is -0.302. The van der Waals surface area contributed by atoms with Crippen molar-refractivity contribution >= 4 is 44.6 Å². The van der Waals surface area contributed by atoms with Crippen LogP contribution in [0.5, 0.6) is 0 Å². The number of benzene rings is 1. The molecule has 0 saturated carbocycles. The number of halogens is 1. The van der Waals surface area contributed by atoms with E-state index in [1.54, 1.807) is 28.2 Å². The van der Waals surface area contributed by atoms with Crippen molar-refractivity contribution in [2.45, 2.75) is 13.3 Å². The van der Waals surface area contributed by atoms with Crippen LogP contribution in [0.4, 0.5) is 10.2 Å². The fourth-order valence-electron chi connectivity index (χ4n) is 2.47. The first-order chi connectivity index (χ1) is 12.1. The highest BCUT2D eigenvalue weighted by Gasteiger charge is 2.15. The van der Waals surface area contributed by atoms with E-state index in [9.17, 15) is 9.18 Å². The summed E-state index contributed by atoms with van der Waals surface area (Å²) in [6.45, 7) is 1.85. The van der Waals surface area contributed by atoms with E-state index in [0.29, 0.717) is 22.9 Å². The Labute approximate surface area is 150 Å². The molecule has 126 valence electrons. The number of anilines is 1. The number of hydrogen-bond donors (Lipinski definition) is 1. The van der Waals surface area contributed by atoms with Crippen LogP contribution in [0.25, 0.3) is 15.3 Å². The number of aryl methyl sites for hydroxylation is 1. The van der Waals surface area contributed by atoms with E-state index in [1.165, 1.54) is 23.5 Å². The van der Waals surface area contributed by atoms with Gasteiger partial charge in [-0.05, 0) is 36.6 Å². The summed E-state index contributed by atoms with van der Waals surface area (Å²) in [6.07, 6.45) is 0.312. The first-order valence-corrected chi connectivity index (χ1v) is 9.23. The van der Waals surface area contributed by atoms with Gasteiger partial charge < -0.3 is 5.32 Å². The molecule has 5 nitrogen and oxygen atoms in total. The standard InChI is InChI=1S/C17H13FN4OS2/c1-10-7-15(20-16(23)9-12-3-2-6-24-12)22(21-10)17-19-13-5-4-11(18)8-14(13)25-17/h2-8H,9H2,1H3,(H,20,23). The second-order valence-corrected chi connectivity index (χ2v) is 7.54. The fourth-order valence-corrected chi connectivity index (χ4v) is 4.13. The molecule has 0 aliphatic rings. The molecule has 0 spiro atoms. The Morgan fingerprint density at radius 2 is 2.20 bits per heavy atom. The maximum absolute atomic E-state index is 13.4. The van der Waals surface area contributed by atoms with Gasteiger partial charge in [-0.2, -0.15) is 9.78 Å². The Hall–Kier alpha value is -2.58. The maximum Gasteiger partial charge on any atom is 0.230 e. The summed E-state index contributed by atoms with van der Waals surface area (Å²) in [5, 5.41) is 9.82. The van der Waals surface area contributed by atoms with Crippen molar-refractivity contribution < 1.29 is 9.18 Å². The lowest BCUT2D eigenvalue weighted by molar-refractivity contribution is -0.115. The molecule has 25 heavy (non-hydrogen) atoms. The van der Waals surface area contributed by atoms with Crippen LogP contribution < -0.4 is 5.32 Å². The van der Waals surface area contributed by atoms with Crippen LogP contribution in [0.3, 0.4) is 0 Å². The van der Waals surface area contributed by atoms with Crippen molar-refractivity contribution in [1.82, 2.24) is 14.8 Å². The summed E-state index contributed by atoms with van der Waals surface area (Å²) in [5.41, 5.74) is 1.46. The molecule has 0 radical (unpaired) electrons. The topological polar surface area (TPSA) is 59.8 Å². The first kappa shape index (κ1) is 15.9. The SMILES string of the molecule is Cc1cc(NC(=O)Cc2cccs2)n(-c2nc3ccc(F)cc3s2)n1. The average Bonchev–Trinajstić information content (AvgIpc) is 3.26. The van der Waals surface area contributed by atoms with E-state index in [-0.39, 0.29) is 11.7 Å². The van der Waals surface area contributed by atoms with Gasteiger partial charge in [-0.1, -0.05) is 17.4 Å². The van der Waals surface area contributed by atoms with Crippen LogP contribution in [0.15, 0.2) is 41.8 Å². The molecule has 0 aliphatic heterocycles. The zero-order valence-electron chi connectivity index (χ0n) is 13.2. The van der Waals surface area contributed by atoms with Crippen LogP contribution in [0.1, 0.15) is 10.6 Å². The predicted molar refractivity (Wildman–Crippen MR) is 98.1 cm³/mol. The molecule has 4 rings (SSSR count). The minimum Gasteiger partial charge on any atom is -0.310 e. The lowest BCUT2D eigenvalue weighted by atomic mass is 10.3. The first-order valence-electron chi connectivity index (χ1n) is 7.54. The number of thiophene rings is 1. The summed E-state index contributed by atoms with van der Waals surface area (Å²) in [6, 6.07) is 10.1. The Balaban J connectivity index is 1.64. The van der Waals surface area contributed by atoms with Gasteiger partial charge in [0.25, 0.3) is 0 Å². The fraction of sp³-hybridized carbons (Fsp3) is 0.118. The van der Waals surface area contributed by atoms with E-state index in [0.717, 1.165) is 15.3 Å². The van der Waals surface area contributed by atoms with Crippen LogP contribution >= 0.6 is 22.7 Å². The molecule has 1 aromatic carbocycles. The molecule has 0 unspecified atom stereocenters. The number of aromatic nitrogens is 3. The lowest BCUT2D eigenvalue weighted by Crippen LogP contribution is -2.16. The van der Waals surface area contributed by atoms with E-state index in [2.05, 4.69) is 15.4 Å². The quantitative estimate of drug-likeness (QED) is 0.585. The van der Waals surface area contributed by atoms with Gasteiger partial charge in [0.05, 0.1) is 22.3 Å². The van der Waals surface area contributed by atoms with E-state index in [4.69, 9.17) is 0 Å². The third-order valence-corrected chi connectivity index (χ3v) is 5.40. The highest BCUT2D eigenvalue weighted by molar-refractivity contribution is 7.20. The van der Waals surface area contributed by atoms with Crippen LogP contribution in [-0.4, -0.2) is 20.7 Å². The predicted octanol–water partition coefficient (Wildman–Crippen LogP) is 4.17. The van der Waals surface area contributed by atoms with Gasteiger partial charge in [0, 0.05) is 10.9 Å². The number of thiazole rings is 1. The highest BCUT2D eigenvalue weighted by atomic mass is 32.1. The lowest BCUT2D eigenvalue weighted by Gasteiger charge is -2.05. The monoisotopic (exact) mass is 372 g/mol. The molecule has 0 atom stereocenters. The summed E-state index contributed by atoms with van der Waals surface area (Å²) in [7, 11) is 0. The van der Waals surface area contributed by atoms with Crippen LogP contribution in [0.2, 0.25) is 0 Å². The van der Waals surface area contributed by atoms with Crippen molar-refractivity contribution in [2.24, 2.45) is 0 Å². The number of fused-ring (bicyclic) bond motifs is 1. The number of amides is 1. The molecule has 8 heteroatoms. The average molecular weight is 372 g/mol. The largest absolute Gasteiger partial charge is 0.310 e. The molecular formula is C17H13FN4OS2. The maximum atomic E-state index is 13.4. The van der Waals surface area contributed by atoms with Gasteiger partial charge in [-0.25, -0.2) is 9.37 Å². The van der Waals surface area contributed by atoms with Gasteiger partial charge in [0.15, 0.2) is 0 Å². The molecular weight excluding hydrogens is 359 g/mol. The molecule has 0 aliphatic carbocycles.